The Kier molecular flexibility index (Phi) is 9.95. The number of guanidine groups is 1. The monoisotopic (exact) mass is 451 g/mol. The Hall–Kier alpha value is -0.570. The minimum Gasteiger partial charge on any atom is -0.359 e. The summed E-state index contributed by atoms with van der Waals surface area (Å²) in [6, 6.07) is 0. The molecule has 2 rings (SSSR count). The zero-order valence-electron chi connectivity index (χ0n) is 15.4. The number of rotatable bonds is 5. The summed E-state index contributed by atoms with van der Waals surface area (Å²) in [5, 5.41) is 6.17. The van der Waals surface area contributed by atoms with Crippen LogP contribution in [0.2, 0.25) is 0 Å². The number of halogens is 1. The average Bonchev–Trinajstić information content (AvgIpc) is 2.97. The largest absolute Gasteiger partial charge is 0.359 e. The molecule has 0 aliphatic carbocycles. The number of likely N-dealkylation sites (tertiary alicyclic amines) is 2. The van der Waals surface area contributed by atoms with Crippen LogP contribution in [0.15, 0.2) is 4.99 Å². The lowest BCUT2D eigenvalue weighted by molar-refractivity contribution is -0.121. The second kappa shape index (κ2) is 11.1. The van der Waals surface area contributed by atoms with E-state index in [-0.39, 0.29) is 29.9 Å². The first-order valence-corrected chi connectivity index (χ1v) is 9.04. The molecular weight excluding hydrogens is 417 g/mol. The van der Waals surface area contributed by atoms with Gasteiger partial charge in [-0.1, -0.05) is 0 Å². The van der Waals surface area contributed by atoms with Crippen LogP contribution in [0, 0.1) is 11.8 Å². The van der Waals surface area contributed by atoms with Crippen molar-refractivity contribution in [2.45, 2.75) is 32.6 Å². The van der Waals surface area contributed by atoms with Crippen molar-refractivity contribution in [2.75, 3.05) is 53.4 Å². The van der Waals surface area contributed by atoms with Crippen LogP contribution >= 0.6 is 24.0 Å². The molecule has 1 atom stereocenters. The molecule has 0 aromatic carbocycles. The van der Waals surface area contributed by atoms with Crippen molar-refractivity contribution in [3.05, 3.63) is 0 Å². The lowest BCUT2D eigenvalue weighted by atomic mass is 9.93. The van der Waals surface area contributed by atoms with Gasteiger partial charge in [0.05, 0.1) is 0 Å². The summed E-state index contributed by atoms with van der Waals surface area (Å²) >= 11 is 0. The molecule has 2 aliphatic rings. The molecule has 0 radical (unpaired) electrons. The molecule has 1 unspecified atom stereocenters. The lowest BCUT2D eigenvalue weighted by Crippen LogP contribution is -2.46. The first-order valence-electron chi connectivity index (χ1n) is 9.04. The molecule has 0 saturated carbocycles. The second-order valence-corrected chi connectivity index (χ2v) is 6.92. The van der Waals surface area contributed by atoms with Crippen molar-refractivity contribution in [1.29, 1.82) is 0 Å². The minimum atomic E-state index is 0. The fourth-order valence-corrected chi connectivity index (χ4v) is 3.53. The van der Waals surface area contributed by atoms with Crippen LogP contribution in [0.1, 0.15) is 32.6 Å². The van der Waals surface area contributed by atoms with Crippen molar-refractivity contribution in [2.24, 2.45) is 16.8 Å². The number of aliphatic imine (C=N–C) groups is 1. The van der Waals surface area contributed by atoms with Gasteiger partial charge in [-0.05, 0) is 51.6 Å². The molecule has 0 bridgehead atoms. The molecule has 2 N–H and O–H groups in total. The SMILES string of the molecule is CCNC(=NCC1CCN(C)C1)N1CCC(CC(=O)NC)CC1.I. The van der Waals surface area contributed by atoms with Gasteiger partial charge in [-0.15, -0.1) is 24.0 Å². The summed E-state index contributed by atoms with van der Waals surface area (Å²) in [7, 11) is 3.90. The van der Waals surface area contributed by atoms with Crippen LogP contribution in [0.3, 0.4) is 0 Å². The number of hydrogen-bond donors (Lipinski definition) is 2. The van der Waals surface area contributed by atoms with Gasteiger partial charge >= 0.3 is 0 Å². The van der Waals surface area contributed by atoms with Crippen LogP contribution in [0.25, 0.3) is 0 Å². The molecule has 1 amide bonds. The molecule has 0 aromatic heterocycles. The van der Waals surface area contributed by atoms with Gasteiger partial charge in [0.25, 0.3) is 0 Å². The Morgan fingerprint density at radius 3 is 2.38 bits per heavy atom. The van der Waals surface area contributed by atoms with E-state index in [9.17, 15) is 4.79 Å². The Morgan fingerprint density at radius 1 is 1.17 bits per heavy atom. The summed E-state index contributed by atoms with van der Waals surface area (Å²) in [6.45, 7) is 8.30. The van der Waals surface area contributed by atoms with E-state index in [2.05, 4.69) is 34.4 Å². The highest BCUT2D eigenvalue weighted by atomic mass is 127. The maximum absolute atomic E-state index is 11.5. The number of carbonyl (C=O) groups is 1. The molecule has 0 spiro atoms. The third kappa shape index (κ3) is 6.74. The average molecular weight is 451 g/mol. The standard InChI is InChI=1S/C17H33N5O.HI/c1-4-19-17(20-12-15-5-8-21(3)13-15)22-9-6-14(7-10-22)11-16(23)18-2;/h14-15H,4-13H2,1-3H3,(H,18,23)(H,19,20);1H. The third-order valence-corrected chi connectivity index (χ3v) is 4.99. The molecule has 140 valence electrons. The Bertz CT molecular complexity index is 410. The topological polar surface area (TPSA) is 60.0 Å². The number of carbonyl (C=O) groups excluding carboxylic acids is 1. The van der Waals surface area contributed by atoms with E-state index in [0.717, 1.165) is 51.5 Å². The first-order chi connectivity index (χ1) is 11.1. The summed E-state index contributed by atoms with van der Waals surface area (Å²) in [6.07, 6.45) is 4.06. The normalized spacial score (nSPS) is 23.0. The molecule has 0 aromatic rings. The predicted octanol–water partition coefficient (Wildman–Crippen LogP) is 1.37. The maximum Gasteiger partial charge on any atom is 0.220 e. The second-order valence-electron chi connectivity index (χ2n) is 6.92. The molecule has 2 saturated heterocycles. The zero-order chi connectivity index (χ0) is 16.7. The molecular formula is C17H34IN5O. The van der Waals surface area contributed by atoms with Gasteiger partial charge in [-0.3, -0.25) is 9.79 Å². The molecule has 2 fully saturated rings. The highest BCUT2D eigenvalue weighted by molar-refractivity contribution is 14.0. The van der Waals surface area contributed by atoms with Crippen molar-refractivity contribution >= 4 is 35.8 Å². The van der Waals surface area contributed by atoms with Gasteiger partial charge in [0, 0.05) is 46.2 Å². The quantitative estimate of drug-likeness (QED) is 0.377. The number of nitrogens with zero attached hydrogens (tertiary/aromatic N) is 3. The van der Waals surface area contributed by atoms with E-state index in [4.69, 9.17) is 4.99 Å². The Labute approximate surface area is 163 Å². The number of amides is 1. The van der Waals surface area contributed by atoms with Gasteiger partial charge in [0.15, 0.2) is 5.96 Å². The summed E-state index contributed by atoms with van der Waals surface area (Å²) in [4.78, 5) is 21.1. The van der Waals surface area contributed by atoms with Crippen LogP contribution in [-0.4, -0.2) is 75.0 Å². The Morgan fingerprint density at radius 2 is 1.83 bits per heavy atom. The fraction of sp³-hybridized carbons (Fsp3) is 0.882. The smallest absolute Gasteiger partial charge is 0.220 e. The maximum atomic E-state index is 11.5. The number of piperidine rings is 1. The van der Waals surface area contributed by atoms with Crippen LogP contribution < -0.4 is 10.6 Å². The molecule has 24 heavy (non-hydrogen) atoms. The fourth-order valence-electron chi connectivity index (χ4n) is 3.53. The highest BCUT2D eigenvalue weighted by Crippen LogP contribution is 2.21. The molecule has 6 nitrogen and oxygen atoms in total. The van der Waals surface area contributed by atoms with Crippen molar-refractivity contribution < 1.29 is 4.79 Å². The van der Waals surface area contributed by atoms with Crippen LogP contribution in [0.5, 0.6) is 0 Å². The molecule has 7 heteroatoms. The third-order valence-electron chi connectivity index (χ3n) is 4.99. The van der Waals surface area contributed by atoms with E-state index in [1.807, 2.05) is 0 Å². The van der Waals surface area contributed by atoms with Crippen LogP contribution in [0.4, 0.5) is 0 Å². The zero-order valence-corrected chi connectivity index (χ0v) is 17.7. The predicted molar refractivity (Wildman–Crippen MR) is 110 cm³/mol. The van der Waals surface area contributed by atoms with Crippen molar-refractivity contribution in [1.82, 2.24) is 20.4 Å². The van der Waals surface area contributed by atoms with E-state index >= 15 is 0 Å². The Balaban J connectivity index is 0.00000288. The minimum absolute atomic E-state index is 0. The lowest BCUT2D eigenvalue weighted by Gasteiger charge is -2.34. The van der Waals surface area contributed by atoms with E-state index in [1.54, 1.807) is 7.05 Å². The van der Waals surface area contributed by atoms with E-state index < -0.39 is 0 Å². The van der Waals surface area contributed by atoms with Gasteiger partial charge in [0.1, 0.15) is 0 Å². The van der Waals surface area contributed by atoms with Gasteiger partial charge < -0.3 is 20.4 Å². The van der Waals surface area contributed by atoms with Crippen LogP contribution in [-0.2, 0) is 4.79 Å². The van der Waals surface area contributed by atoms with Crippen molar-refractivity contribution in [3.63, 3.8) is 0 Å². The number of hydrogen-bond acceptors (Lipinski definition) is 3. The van der Waals surface area contributed by atoms with E-state index in [1.165, 1.54) is 13.0 Å². The summed E-state index contributed by atoms with van der Waals surface area (Å²) in [5.74, 6) is 2.42. The van der Waals surface area contributed by atoms with Gasteiger partial charge in [0.2, 0.25) is 5.91 Å². The van der Waals surface area contributed by atoms with E-state index in [0.29, 0.717) is 18.3 Å². The van der Waals surface area contributed by atoms with Crippen molar-refractivity contribution in [3.8, 4) is 0 Å². The number of nitrogens with one attached hydrogen (secondary N) is 2. The van der Waals surface area contributed by atoms with Gasteiger partial charge in [-0.2, -0.15) is 0 Å². The summed E-state index contributed by atoms with van der Waals surface area (Å²) < 4.78 is 0. The molecule has 2 aliphatic heterocycles. The van der Waals surface area contributed by atoms with Gasteiger partial charge in [-0.25, -0.2) is 0 Å². The highest BCUT2D eigenvalue weighted by Gasteiger charge is 2.24. The molecule has 2 heterocycles. The first kappa shape index (κ1) is 21.5. The summed E-state index contributed by atoms with van der Waals surface area (Å²) in [5.41, 5.74) is 0.